The molecule has 1 heterocycles. The molecule has 150 valence electrons. The van der Waals surface area contributed by atoms with Crippen molar-refractivity contribution in [2.75, 3.05) is 20.8 Å². The Labute approximate surface area is 165 Å². The van der Waals surface area contributed by atoms with Gasteiger partial charge in [-0.1, -0.05) is 12.1 Å². The highest BCUT2D eigenvalue weighted by atomic mass is 19.1. The average Bonchev–Trinajstić information content (AvgIpc) is 2.67. The van der Waals surface area contributed by atoms with Gasteiger partial charge >= 0.3 is 0 Å². The van der Waals surface area contributed by atoms with Gasteiger partial charge in [0.05, 0.1) is 26.8 Å². The molecule has 0 aromatic heterocycles. The zero-order valence-electron chi connectivity index (χ0n) is 16.8. The predicted molar refractivity (Wildman–Crippen MR) is 105 cm³/mol. The quantitative estimate of drug-likeness (QED) is 0.798. The Morgan fingerprint density at radius 3 is 2.46 bits per heavy atom. The third kappa shape index (κ3) is 4.28. The lowest BCUT2D eigenvalue weighted by Crippen LogP contribution is -3.13. The summed E-state index contributed by atoms with van der Waals surface area (Å²) in [6, 6.07) is 10.7. The maximum atomic E-state index is 13.3. The monoisotopic (exact) mass is 387 g/mol. The van der Waals surface area contributed by atoms with Crippen molar-refractivity contribution in [3.63, 3.8) is 0 Å². The zero-order valence-corrected chi connectivity index (χ0v) is 16.8. The van der Waals surface area contributed by atoms with E-state index in [9.17, 15) is 9.18 Å². The number of hydrogen-bond donors (Lipinski definition) is 2. The van der Waals surface area contributed by atoms with Crippen molar-refractivity contribution in [1.82, 2.24) is 5.32 Å². The smallest absolute Gasteiger partial charge is 0.217 e. The van der Waals surface area contributed by atoms with Crippen LogP contribution in [0.25, 0.3) is 0 Å². The van der Waals surface area contributed by atoms with Crippen LogP contribution in [0.4, 0.5) is 4.39 Å². The molecule has 2 aromatic carbocycles. The highest BCUT2D eigenvalue weighted by Gasteiger charge is 2.36. The molecule has 0 saturated heterocycles. The fraction of sp³-hybridized carbons (Fsp3) is 0.409. The van der Waals surface area contributed by atoms with Crippen LogP contribution in [-0.4, -0.2) is 32.7 Å². The van der Waals surface area contributed by atoms with Crippen molar-refractivity contribution >= 4 is 5.91 Å². The Morgan fingerprint density at radius 2 is 1.86 bits per heavy atom. The predicted octanol–water partition coefficient (Wildman–Crippen LogP) is 2.05. The van der Waals surface area contributed by atoms with Crippen LogP contribution in [0.1, 0.15) is 36.6 Å². The Balaban J connectivity index is 1.99. The van der Waals surface area contributed by atoms with Gasteiger partial charge in [-0.2, -0.15) is 0 Å². The zero-order chi connectivity index (χ0) is 20.3. The molecule has 0 fully saturated rings. The number of hydrogen-bond acceptors (Lipinski definition) is 3. The van der Waals surface area contributed by atoms with Gasteiger partial charge in [-0.3, -0.25) is 4.79 Å². The number of benzene rings is 2. The molecule has 5 nitrogen and oxygen atoms in total. The first-order valence-corrected chi connectivity index (χ1v) is 9.53. The number of carbonyl (C=O) groups is 1. The average molecular weight is 387 g/mol. The molecule has 0 aliphatic carbocycles. The molecule has 2 N–H and O–H groups in total. The summed E-state index contributed by atoms with van der Waals surface area (Å²) in [5.74, 6) is 1.11. The molecule has 1 unspecified atom stereocenters. The summed E-state index contributed by atoms with van der Waals surface area (Å²) in [7, 11) is 3.26. The van der Waals surface area contributed by atoms with Gasteiger partial charge in [0.2, 0.25) is 5.91 Å². The molecule has 1 aliphatic heterocycles. The van der Waals surface area contributed by atoms with Gasteiger partial charge in [-0.25, -0.2) is 4.39 Å². The van der Waals surface area contributed by atoms with E-state index in [1.165, 1.54) is 29.5 Å². The number of carbonyl (C=O) groups excluding carboxylic acids is 1. The van der Waals surface area contributed by atoms with Crippen molar-refractivity contribution in [2.24, 2.45) is 0 Å². The van der Waals surface area contributed by atoms with E-state index in [0.29, 0.717) is 11.5 Å². The maximum Gasteiger partial charge on any atom is 0.217 e. The molecule has 0 spiro atoms. The summed E-state index contributed by atoms with van der Waals surface area (Å²) in [6.07, 6.45) is 0.898. The Kier molecular flexibility index (Phi) is 6.19. The van der Waals surface area contributed by atoms with Gasteiger partial charge < -0.3 is 19.7 Å². The van der Waals surface area contributed by atoms with Crippen LogP contribution < -0.4 is 19.7 Å². The van der Waals surface area contributed by atoms with Crippen LogP contribution in [0.15, 0.2) is 36.4 Å². The minimum atomic E-state index is -0.234. The van der Waals surface area contributed by atoms with Crippen molar-refractivity contribution in [3.05, 3.63) is 58.9 Å². The number of ether oxygens (including phenoxy) is 2. The van der Waals surface area contributed by atoms with E-state index < -0.39 is 0 Å². The Hall–Kier alpha value is -2.60. The number of nitrogens with one attached hydrogen (secondary N) is 2. The second kappa shape index (κ2) is 8.61. The van der Waals surface area contributed by atoms with Gasteiger partial charge in [0.15, 0.2) is 11.5 Å². The van der Waals surface area contributed by atoms with Gasteiger partial charge in [0.25, 0.3) is 0 Å². The molecule has 1 amide bonds. The highest BCUT2D eigenvalue weighted by Crippen LogP contribution is 2.35. The first-order chi connectivity index (χ1) is 13.4. The van der Waals surface area contributed by atoms with Crippen LogP contribution in [0.2, 0.25) is 0 Å². The number of rotatable bonds is 6. The largest absolute Gasteiger partial charge is 0.493 e. The van der Waals surface area contributed by atoms with Crippen LogP contribution in [0.3, 0.4) is 0 Å². The molecule has 0 saturated carbocycles. The number of fused-ring (bicyclic) bond motifs is 1. The summed E-state index contributed by atoms with van der Waals surface area (Å²) < 4.78 is 24.3. The van der Waals surface area contributed by atoms with Gasteiger partial charge in [-0.15, -0.1) is 0 Å². The standard InChI is InChI=1S/C22H27FN2O3/c1-14(24-15(2)26)22-19-12-21(28-4)20(27-3)11-17(19)9-10-25(22)13-16-5-7-18(23)8-6-16/h5-8,11-12,14,22H,9-10,13H2,1-4H3,(H,24,26)/p+1/t14-,22-/m1/s1. The summed E-state index contributed by atoms with van der Waals surface area (Å²) in [5.41, 5.74) is 3.44. The van der Waals surface area contributed by atoms with Crippen molar-refractivity contribution in [2.45, 2.75) is 38.9 Å². The van der Waals surface area contributed by atoms with Crippen LogP contribution in [-0.2, 0) is 17.8 Å². The van der Waals surface area contributed by atoms with E-state index >= 15 is 0 Å². The third-order valence-corrected chi connectivity index (χ3v) is 5.41. The van der Waals surface area contributed by atoms with Gasteiger partial charge in [0.1, 0.15) is 18.4 Å². The molecule has 0 radical (unpaired) electrons. The normalized spacial score (nSPS) is 19.5. The van der Waals surface area contributed by atoms with E-state index in [-0.39, 0.29) is 23.8 Å². The minimum Gasteiger partial charge on any atom is -0.493 e. The van der Waals surface area contributed by atoms with Crippen LogP contribution >= 0.6 is 0 Å². The second-order valence-corrected chi connectivity index (χ2v) is 7.33. The van der Waals surface area contributed by atoms with Gasteiger partial charge in [-0.05, 0) is 36.8 Å². The number of methoxy groups -OCH3 is 2. The maximum absolute atomic E-state index is 13.3. The highest BCUT2D eigenvalue weighted by molar-refractivity contribution is 5.73. The first-order valence-electron chi connectivity index (χ1n) is 9.53. The molecule has 1 aliphatic rings. The van der Waals surface area contributed by atoms with Gasteiger partial charge in [0, 0.05) is 24.5 Å². The fourth-order valence-electron chi connectivity index (χ4n) is 4.20. The summed E-state index contributed by atoms with van der Waals surface area (Å²) in [5, 5.41) is 3.05. The first kappa shape index (κ1) is 20.1. The molecule has 28 heavy (non-hydrogen) atoms. The lowest BCUT2D eigenvalue weighted by molar-refractivity contribution is -0.948. The van der Waals surface area contributed by atoms with E-state index in [1.807, 2.05) is 31.2 Å². The van der Waals surface area contributed by atoms with Crippen molar-refractivity contribution in [1.29, 1.82) is 0 Å². The van der Waals surface area contributed by atoms with Crippen LogP contribution in [0, 0.1) is 5.82 Å². The number of quaternary nitrogens is 1. The molecule has 3 rings (SSSR count). The lowest BCUT2D eigenvalue weighted by Gasteiger charge is -2.38. The Bertz CT molecular complexity index is 838. The summed E-state index contributed by atoms with van der Waals surface area (Å²) in [4.78, 5) is 13.1. The van der Waals surface area contributed by atoms with E-state index in [0.717, 1.165) is 30.6 Å². The topological polar surface area (TPSA) is 52.0 Å². The SMILES string of the molecule is COc1cc2c(cc1OC)[C@@H]([C@@H](C)NC(C)=O)[NH+](Cc1ccc(F)cc1)CC2. The third-order valence-electron chi connectivity index (χ3n) is 5.41. The molecular weight excluding hydrogens is 359 g/mol. The summed E-state index contributed by atoms with van der Waals surface area (Å²) >= 11 is 0. The second-order valence-electron chi connectivity index (χ2n) is 7.33. The van der Waals surface area contributed by atoms with Crippen LogP contribution in [0.5, 0.6) is 11.5 Å². The van der Waals surface area contributed by atoms with E-state index in [4.69, 9.17) is 9.47 Å². The summed E-state index contributed by atoms with van der Waals surface area (Å²) in [6.45, 7) is 5.23. The number of amides is 1. The molecular formula is C22H28FN2O3+. The Morgan fingerprint density at radius 1 is 1.21 bits per heavy atom. The lowest BCUT2D eigenvalue weighted by atomic mass is 9.87. The molecule has 2 aromatic rings. The van der Waals surface area contributed by atoms with Crippen molar-refractivity contribution < 1.29 is 23.6 Å². The molecule has 3 atom stereocenters. The van der Waals surface area contributed by atoms with Crippen molar-refractivity contribution in [3.8, 4) is 11.5 Å². The number of halogens is 1. The fourth-order valence-corrected chi connectivity index (χ4v) is 4.20. The van der Waals surface area contributed by atoms with E-state index in [2.05, 4.69) is 5.32 Å². The van der Waals surface area contributed by atoms with E-state index in [1.54, 1.807) is 14.2 Å². The molecule has 6 heteroatoms. The molecule has 0 bridgehead atoms. The minimum absolute atomic E-state index is 0.0532.